The number of rotatable bonds is 9. The van der Waals surface area contributed by atoms with E-state index in [1.807, 2.05) is 0 Å². The average Bonchev–Trinajstić information content (AvgIpc) is 3.40. The molecule has 0 bridgehead atoms. The van der Waals surface area contributed by atoms with Gasteiger partial charge in [-0.15, -0.1) is 24.0 Å². The Kier molecular flexibility index (Phi) is 10.3. The van der Waals surface area contributed by atoms with E-state index in [-0.39, 0.29) is 24.0 Å². The first kappa shape index (κ1) is 21.2. The first-order chi connectivity index (χ1) is 11.2. The highest BCUT2D eigenvalue weighted by Gasteiger charge is 2.20. The maximum absolute atomic E-state index is 4.72. The Morgan fingerprint density at radius 2 is 1.83 bits per heavy atom. The molecule has 1 aromatic rings. The summed E-state index contributed by atoms with van der Waals surface area (Å²) in [5, 5.41) is 6.78. The Labute approximate surface area is 164 Å². The van der Waals surface area contributed by atoms with Crippen LogP contribution >= 0.6 is 24.0 Å². The van der Waals surface area contributed by atoms with Gasteiger partial charge in [-0.25, -0.2) is 4.99 Å². The number of aliphatic imine (C=N–C) groups is 1. The summed E-state index contributed by atoms with van der Waals surface area (Å²) < 4.78 is 0. The number of benzene rings is 1. The third kappa shape index (κ3) is 7.83. The molecule has 4 nitrogen and oxygen atoms in total. The number of nitrogens with zero attached hydrogens (tertiary/aromatic N) is 2. The minimum atomic E-state index is 0. The monoisotopic (exact) mass is 444 g/mol. The molecule has 0 aromatic heterocycles. The molecule has 5 heteroatoms. The zero-order valence-corrected chi connectivity index (χ0v) is 17.7. The third-order valence-electron chi connectivity index (χ3n) is 4.31. The maximum Gasteiger partial charge on any atom is 0.191 e. The SMILES string of the molecule is CCNC(=NCc1cccc(CN(CC)CC)c1)NCC1CC1.I. The van der Waals surface area contributed by atoms with Crippen LogP contribution in [0.2, 0.25) is 0 Å². The Bertz CT molecular complexity index is 496. The summed E-state index contributed by atoms with van der Waals surface area (Å²) in [6.45, 7) is 12.4. The van der Waals surface area contributed by atoms with Crippen LogP contribution in [-0.4, -0.2) is 37.0 Å². The summed E-state index contributed by atoms with van der Waals surface area (Å²) in [6.07, 6.45) is 2.72. The fourth-order valence-corrected chi connectivity index (χ4v) is 2.61. The molecule has 0 radical (unpaired) electrons. The van der Waals surface area contributed by atoms with Crippen LogP contribution in [0.1, 0.15) is 44.7 Å². The summed E-state index contributed by atoms with van der Waals surface area (Å²) in [4.78, 5) is 7.16. The van der Waals surface area contributed by atoms with Gasteiger partial charge in [-0.2, -0.15) is 0 Å². The van der Waals surface area contributed by atoms with Crippen molar-refractivity contribution in [1.29, 1.82) is 0 Å². The van der Waals surface area contributed by atoms with Crippen molar-refractivity contribution >= 4 is 29.9 Å². The average molecular weight is 444 g/mol. The lowest BCUT2D eigenvalue weighted by Crippen LogP contribution is -2.38. The molecule has 1 aromatic carbocycles. The van der Waals surface area contributed by atoms with Crippen LogP contribution in [0.25, 0.3) is 0 Å². The second-order valence-corrected chi connectivity index (χ2v) is 6.30. The largest absolute Gasteiger partial charge is 0.357 e. The highest BCUT2D eigenvalue weighted by Crippen LogP contribution is 2.27. The van der Waals surface area contributed by atoms with Crippen LogP contribution in [-0.2, 0) is 13.1 Å². The van der Waals surface area contributed by atoms with Gasteiger partial charge in [0.2, 0.25) is 0 Å². The molecule has 1 fully saturated rings. The highest BCUT2D eigenvalue weighted by atomic mass is 127. The van der Waals surface area contributed by atoms with Gasteiger partial charge in [0, 0.05) is 19.6 Å². The summed E-state index contributed by atoms with van der Waals surface area (Å²) >= 11 is 0. The molecule has 2 N–H and O–H groups in total. The lowest BCUT2D eigenvalue weighted by molar-refractivity contribution is 0.296. The van der Waals surface area contributed by atoms with Gasteiger partial charge < -0.3 is 10.6 Å². The van der Waals surface area contributed by atoms with Gasteiger partial charge >= 0.3 is 0 Å². The molecule has 1 aliphatic carbocycles. The second kappa shape index (κ2) is 11.7. The van der Waals surface area contributed by atoms with Crippen LogP contribution in [0.15, 0.2) is 29.3 Å². The van der Waals surface area contributed by atoms with Gasteiger partial charge in [-0.3, -0.25) is 4.90 Å². The summed E-state index contributed by atoms with van der Waals surface area (Å²) in [5.74, 6) is 1.80. The molecule has 136 valence electrons. The van der Waals surface area contributed by atoms with E-state index in [2.05, 4.69) is 60.6 Å². The third-order valence-corrected chi connectivity index (χ3v) is 4.31. The van der Waals surface area contributed by atoms with E-state index in [9.17, 15) is 0 Å². The van der Waals surface area contributed by atoms with Crippen LogP contribution in [0, 0.1) is 5.92 Å². The van der Waals surface area contributed by atoms with Crippen molar-refractivity contribution in [1.82, 2.24) is 15.5 Å². The summed E-state index contributed by atoms with van der Waals surface area (Å²) in [6, 6.07) is 8.81. The number of halogens is 1. The molecule has 0 heterocycles. The molecule has 0 saturated heterocycles. The molecule has 0 aliphatic heterocycles. The zero-order valence-electron chi connectivity index (χ0n) is 15.3. The normalized spacial score (nSPS) is 14.4. The van der Waals surface area contributed by atoms with E-state index in [0.29, 0.717) is 0 Å². The van der Waals surface area contributed by atoms with Gasteiger partial charge in [0.25, 0.3) is 0 Å². The fourth-order valence-electron chi connectivity index (χ4n) is 2.61. The van der Waals surface area contributed by atoms with E-state index in [0.717, 1.165) is 51.1 Å². The first-order valence-electron chi connectivity index (χ1n) is 9.07. The zero-order chi connectivity index (χ0) is 16.5. The minimum absolute atomic E-state index is 0. The van der Waals surface area contributed by atoms with Crippen molar-refractivity contribution in [2.45, 2.75) is 46.7 Å². The van der Waals surface area contributed by atoms with Crippen molar-refractivity contribution in [3.8, 4) is 0 Å². The lowest BCUT2D eigenvalue weighted by Gasteiger charge is -2.18. The fraction of sp³-hybridized carbons (Fsp3) is 0.632. The molecule has 1 aliphatic rings. The Morgan fingerprint density at radius 1 is 1.12 bits per heavy atom. The van der Waals surface area contributed by atoms with Gasteiger partial charge in [0.05, 0.1) is 6.54 Å². The number of hydrogen-bond acceptors (Lipinski definition) is 2. The van der Waals surface area contributed by atoms with E-state index < -0.39 is 0 Å². The summed E-state index contributed by atoms with van der Waals surface area (Å²) in [5.41, 5.74) is 2.65. The molecule has 1 saturated carbocycles. The Balaban J connectivity index is 0.00000288. The number of guanidine groups is 1. The standard InChI is InChI=1S/C19H32N4.HI/c1-4-20-19(21-13-16-10-11-16)22-14-17-8-7-9-18(12-17)15-23(5-2)6-3;/h7-9,12,16H,4-6,10-11,13-15H2,1-3H3,(H2,20,21,22);1H. The van der Waals surface area contributed by atoms with Crippen molar-refractivity contribution in [3.05, 3.63) is 35.4 Å². The van der Waals surface area contributed by atoms with Crippen molar-refractivity contribution in [3.63, 3.8) is 0 Å². The molecule has 0 amide bonds. The van der Waals surface area contributed by atoms with E-state index >= 15 is 0 Å². The van der Waals surface area contributed by atoms with E-state index in [1.54, 1.807) is 0 Å². The molecule has 24 heavy (non-hydrogen) atoms. The first-order valence-corrected chi connectivity index (χ1v) is 9.07. The molecular formula is C19H33IN4. The maximum atomic E-state index is 4.72. The van der Waals surface area contributed by atoms with Crippen molar-refractivity contribution < 1.29 is 0 Å². The quantitative estimate of drug-likeness (QED) is 0.347. The van der Waals surface area contributed by atoms with Crippen LogP contribution in [0.5, 0.6) is 0 Å². The van der Waals surface area contributed by atoms with Crippen molar-refractivity contribution in [2.75, 3.05) is 26.2 Å². The molecule has 0 unspecified atom stereocenters. The molecule has 2 rings (SSSR count). The van der Waals surface area contributed by atoms with E-state index in [4.69, 9.17) is 4.99 Å². The van der Waals surface area contributed by atoms with Crippen molar-refractivity contribution in [2.24, 2.45) is 10.9 Å². The summed E-state index contributed by atoms with van der Waals surface area (Å²) in [7, 11) is 0. The van der Waals surface area contributed by atoms with Gasteiger partial charge in [0.1, 0.15) is 0 Å². The highest BCUT2D eigenvalue weighted by molar-refractivity contribution is 14.0. The van der Waals surface area contributed by atoms with Gasteiger partial charge in [0.15, 0.2) is 5.96 Å². The smallest absolute Gasteiger partial charge is 0.191 e. The molecule has 0 spiro atoms. The van der Waals surface area contributed by atoms with Crippen LogP contribution < -0.4 is 10.6 Å². The predicted molar refractivity (Wildman–Crippen MR) is 114 cm³/mol. The number of nitrogens with one attached hydrogen (secondary N) is 2. The van der Waals surface area contributed by atoms with Gasteiger partial charge in [-0.1, -0.05) is 38.1 Å². The van der Waals surface area contributed by atoms with Crippen LogP contribution in [0.3, 0.4) is 0 Å². The Morgan fingerprint density at radius 3 is 2.46 bits per heavy atom. The number of hydrogen-bond donors (Lipinski definition) is 2. The van der Waals surface area contributed by atoms with E-state index in [1.165, 1.54) is 24.0 Å². The van der Waals surface area contributed by atoms with Crippen LogP contribution in [0.4, 0.5) is 0 Å². The molecule has 0 atom stereocenters. The second-order valence-electron chi connectivity index (χ2n) is 6.30. The Hall–Kier alpha value is -0.820. The van der Waals surface area contributed by atoms with Gasteiger partial charge in [-0.05, 0) is 49.9 Å². The predicted octanol–water partition coefficient (Wildman–Crippen LogP) is 3.61. The molecular weight excluding hydrogens is 411 g/mol. The lowest BCUT2D eigenvalue weighted by atomic mass is 10.1. The topological polar surface area (TPSA) is 39.7 Å². The minimum Gasteiger partial charge on any atom is -0.357 e.